The van der Waals surface area contributed by atoms with Crippen LogP contribution in [0.4, 0.5) is 5.13 Å². The Bertz CT molecular complexity index is 1260. The Morgan fingerprint density at radius 3 is 2.67 bits per heavy atom. The van der Waals surface area contributed by atoms with Crippen molar-refractivity contribution in [2.45, 2.75) is 25.5 Å². The van der Waals surface area contributed by atoms with Crippen LogP contribution in [0.15, 0.2) is 63.9 Å². The van der Waals surface area contributed by atoms with Crippen LogP contribution in [0.25, 0.3) is 22.2 Å². The van der Waals surface area contributed by atoms with Crippen LogP contribution < -0.4 is 10.9 Å². The molecule has 0 aliphatic heterocycles. The molecule has 1 amide bonds. The van der Waals surface area contributed by atoms with Crippen molar-refractivity contribution in [3.8, 4) is 11.3 Å². The predicted octanol–water partition coefficient (Wildman–Crippen LogP) is 4.58. The Morgan fingerprint density at radius 2 is 1.90 bits per heavy atom. The quantitative estimate of drug-likeness (QED) is 0.354. The molecule has 0 atom stereocenters. The minimum Gasteiger partial charge on any atom is -0.301 e. The first-order valence-corrected chi connectivity index (χ1v) is 11.4. The summed E-state index contributed by atoms with van der Waals surface area (Å²) in [5.74, 6) is -0.0422. The van der Waals surface area contributed by atoms with Crippen LogP contribution >= 0.6 is 23.1 Å². The smallest absolute Gasteiger partial charge is 0.262 e. The van der Waals surface area contributed by atoms with Gasteiger partial charge in [0.1, 0.15) is 0 Å². The van der Waals surface area contributed by atoms with Gasteiger partial charge in [0.2, 0.25) is 5.91 Å². The van der Waals surface area contributed by atoms with Crippen LogP contribution in [-0.2, 0) is 11.3 Å². The fourth-order valence-corrected chi connectivity index (χ4v) is 4.61. The van der Waals surface area contributed by atoms with Crippen LogP contribution in [0.5, 0.6) is 0 Å². The Labute approximate surface area is 182 Å². The number of para-hydroxylation sites is 1. The highest BCUT2D eigenvalue weighted by atomic mass is 32.2. The monoisotopic (exact) mass is 436 g/mol. The van der Waals surface area contributed by atoms with E-state index in [2.05, 4.69) is 15.3 Å². The summed E-state index contributed by atoms with van der Waals surface area (Å²) in [7, 11) is 0. The third kappa shape index (κ3) is 4.29. The van der Waals surface area contributed by atoms with Crippen molar-refractivity contribution in [3.05, 3.63) is 69.8 Å². The molecule has 2 aromatic heterocycles. The second-order valence-corrected chi connectivity index (χ2v) is 8.50. The molecule has 1 N–H and O–H groups in total. The van der Waals surface area contributed by atoms with Gasteiger partial charge in [-0.15, -0.1) is 11.3 Å². The van der Waals surface area contributed by atoms with Crippen molar-refractivity contribution in [2.75, 3.05) is 11.1 Å². The van der Waals surface area contributed by atoms with Crippen molar-refractivity contribution >= 4 is 45.0 Å². The van der Waals surface area contributed by atoms with Gasteiger partial charge in [-0.1, -0.05) is 53.7 Å². The molecule has 4 rings (SSSR count). The number of fused-ring (bicyclic) bond motifs is 1. The van der Waals surface area contributed by atoms with Crippen molar-refractivity contribution in [1.29, 1.82) is 0 Å². The van der Waals surface area contributed by atoms with Gasteiger partial charge < -0.3 is 5.32 Å². The molecule has 4 aromatic rings. The summed E-state index contributed by atoms with van der Waals surface area (Å²) < 4.78 is 1.60. The van der Waals surface area contributed by atoms with Gasteiger partial charge in [-0.3, -0.25) is 14.2 Å². The molecule has 0 aliphatic rings. The molecule has 0 saturated carbocycles. The summed E-state index contributed by atoms with van der Waals surface area (Å²) in [5, 5.41) is 6.43. The summed E-state index contributed by atoms with van der Waals surface area (Å²) >= 11 is 2.64. The van der Waals surface area contributed by atoms with E-state index < -0.39 is 0 Å². The number of nitrogens with zero attached hydrogens (tertiary/aromatic N) is 3. The number of anilines is 1. The minimum absolute atomic E-state index is 0.0892. The van der Waals surface area contributed by atoms with Crippen LogP contribution in [-0.4, -0.2) is 26.2 Å². The molecule has 0 unspecified atom stereocenters. The molecule has 0 radical (unpaired) electrons. The predicted molar refractivity (Wildman–Crippen MR) is 123 cm³/mol. The molecule has 0 bridgehead atoms. The molecule has 0 spiro atoms. The van der Waals surface area contributed by atoms with Gasteiger partial charge in [0.25, 0.3) is 5.56 Å². The molecule has 0 fully saturated rings. The highest BCUT2D eigenvalue weighted by Crippen LogP contribution is 2.25. The van der Waals surface area contributed by atoms with Crippen LogP contribution in [0.2, 0.25) is 0 Å². The Kier molecular flexibility index (Phi) is 5.96. The van der Waals surface area contributed by atoms with E-state index in [1.54, 1.807) is 10.6 Å². The number of thioether (sulfide) groups is 1. The van der Waals surface area contributed by atoms with E-state index in [4.69, 9.17) is 0 Å². The SMILES string of the molecule is CCn1c(SCC(=O)Nc2nc(-c3ccc(C)cc3)cs2)nc2ccccc2c1=O. The largest absolute Gasteiger partial charge is 0.301 e. The normalized spacial score (nSPS) is 11.0. The summed E-state index contributed by atoms with van der Waals surface area (Å²) in [6.45, 7) is 4.42. The maximum Gasteiger partial charge on any atom is 0.262 e. The third-order valence-electron chi connectivity index (χ3n) is 4.57. The number of rotatable bonds is 6. The van der Waals surface area contributed by atoms with E-state index in [0.29, 0.717) is 27.7 Å². The number of benzene rings is 2. The van der Waals surface area contributed by atoms with Crippen molar-refractivity contribution in [1.82, 2.24) is 14.5 Å². The van der Waals surface area contributed by atoms with Gasteiger partial charge in [-0.05, 0) is 26.0 Å². The van der Waals surface area contributed by atoms with E-state index in [-0.39, 0.29) is 17.2 Å². The van der Waals surface area contributed by atoms with E-state index in [1.165, 1.54) is 28.7 Å². The van der Waals surface area contributed by atoms with Crippen molar-refractivity contribution in [3.63, 3.8) is 0 Å². The molecule has 2 aromatic carbocycles. The maximum atomic E-state index is 12.7. The first kappa shape index (κ1) is 20.3. The zero-order valence-corrected chi connectivity index (χ0v) is 18.2. The Morgan fingerprint density at radius 1 is 1.13 bits per heavy atom. The fourth-order valence-electron chi connectivity index (χ4n) is 3.01. The molecule has 0 saturated heterocycles. The van der Waals surface area contributed by atoms with E-state index in [0.717, 1.165) is 11.3 Å². The summed E-state index contributed by atoms with van der Waals surface area (Å²) in [6, 6.07) is 15.4. The van der Waals surface area contributed by atoms with E-state index >= 15 is 0 Å². The average Bonchev–Trinajstić information content (AvgIpc) is 3.21. The molecular weight excluding hydrogens is 416 g/mol. The van der Waals surface area contributed by atoms with E-state index in [1.807, 2.05) is 61.7 Å². The second kappa shape index (κ2) is 8.81. The number of hydrogen-bond acceptors (Lipinski definition) is 6. The molecule has 8 heteroatoms. The van der Waals surface area contributed by atoms with Gasteiger partial charge in [0, 0.05) is 17.5 Å². The lowest BCUT2D eigenvalue weighted by molar-refractivity contribution is -0.113. The first-order valence-electron chi connectivity index (χ1n) is 9.50. The van der Waals surface area contributed by atoms with Crippen LogP contribution in [0.1, 0.15) is 12.5 Å². The van der Waals surface area contributed by atoms with E-state index in [9.17, 15) is 9.59 Å². The molecule has 0 aliphatic carbocycles. The number of aryl methyl sites for hydroxylation is 1. The number of carbonyl (C=O) groups is 1. The average molecular weight is 437 g/mol. The molecular formula is C22H20N4O2S2. The van der Waals surface area contributed by atoms with Gasteiger partial charge in [0.15, 0.2) is 10.3 Å². The zero-order chi connectivity index (χ0) is 21.1. The second-order valence-electron chi connectivity index (χ2n) is 6.70. The van der Waals surface area contributed by atoms with Crippen LogP contribution in [0, 0.1) is 6.92 Å². The number of hydrogen-bond donors (Lipinski definition) is 1. The lowest BCUT2D eigenvalue weighted by atomic mass is 10.1. The highest BCUT2D eigenvalue weighted by molar-refractivity contribution is 7.99. The van der Waals surface area contributed by atoms with Crippen molar-refractivity contribution < 1.29 is 4.79 Å². The van der Waals surface area contributed by atoms with Gasteiger partial charge >= 0.3 is 0 Å². The summed E-state index contributed by atoms with van der Waals surface area (Å²) in [6.07, 6.45) is 0. The molecule has 152 valence electrons. The zero-order valence-electron chi connectivity index (χ0n) is 16.6. The number of aromatic nitrogens is 3. The molecule has 6 nitrogen and oxygen atoms in total. The lowest BCUT2D eigenvalue weighted by Gasteiger charge is -2.10. The summed E-state index contributed by atoms with van der Waals surface area (Å²) in [4.78, 5) is 34.2. The minimum atomic E-state index is -0.185. The number of amides is 1. The number of nitrogens with one attached hydrogen (secondary N) is 1. The topological polar surface area (TPSA) is 76.9 Å². The third-order valence-corrected chi connectivity index (χ3v) is 6.31. The number of carbonyl (C=O) groups excluding carboxylic acids is 1. The van der Waals surface area contributed by atoms with Gasteiger partial charge in [0.05, 0.1) is 22.3 Å². The Hall–Kier alpha value is -2.97. The van der Waals surface area contributed by atoms with Crippen molar-refractivity contribution in [2.24, 2.45) is 0 Å². The molecule has 30 heavy (non-hydrogen) atoms. The first-order chi connectivity index (χ1) is 14.5. The standard InChI is InChI=1S/C22H20N4O2S2/c1-3-26-20(28)16-6-4-5-7-17(16)24-22(26)30-13-19(27)25-21-23-18(12-29-21)15-10-8-14(2)9-11-15/h4-12H,3,13H2,1-2H3,(H,23,25,27). The fraction of sp³-hybridized carbons (Fsp3) is 0.182. The highest BCUT2D eigenvalue weighted by Gasteiger charge is 2.13. The maximum absolute atomic E-state index is 12.7. The lowest BCUT2D eigenvalue weighted by Crippen LogP contribution is -2.23. The summed E-state index contributed by atoms with van der Waals surface area (Å²) in [5.41, 5.74) is 3.58. The Balaban J connectivity index is 1.45. The van der Waals surface area contributed by atoms with Gasteiger partial charge in [-0.2, -0.15) is 0 Å². The number of thiazole rings is 1. The van der Waals surface area contributed by atoms with Gasteiger partial charge in [-0.25, -0.2) is 9.97 Å². The van der Waals surface area contributed by atoms with Crippen LogP contribution in [0.3, 0.4) is 0 Å². The molecule has 2 heterocycles.